The van der Waals surface area contributed by atoms with Gasteiger partial charge < -0.3 is 46.1 Å². The molecule has 6 N–H and O–H groups in total. The molecule has 45 heavy (non-hydrogen) atoms. The van der Waals surface area contributed by atoms with Crippen molar-refractivity contribution in [3.05, 3.63) is 72.8 Å². The summed E-state index contributed by atoms with van der Waals surface area (Å²) in [6.07, 6.45) is 1.35. The van der Waals surface area contributed by atoms with Gasteiger partial charge in [-0.1, -0.05) is 23.2 Å². The Morgan fingerprint density at radius 3 is 1.11 bits per heavy atom. The van der Waals surface area contributed by atoms with Crippen LogP contribution in [0.25, 0.3) is 0 Å². The van der Waals surface area contributed by atoms with Crippen LogP contribution in [0, 0.1) is 0 Å². The highest BCUT2D eigenvalue weighted by Gasteiger charge is 2.32. The first-order valence-electron chi connectivity index (χ1n) is 14.4. The summed E-state index contributed by atoms with van der Waals surface area (Å²) in [4.78, 5) is 38.6. The van der Waals surface area contributed by atoms with Gasteiger partial charge in [0, 0.05) is 35.2 Å². The summed E-state index contributed by atoms with van der Waals surface area (Å²) in [6, 6.07) is 18.3. The van der Waals surface area contributed by atoms with Crippen molar-refractivity contribution in [2.45, 2.75) is 44.3 Å². The van der Waals surface area contributed by atoms with E-state index in [1.807, 2.05) is 6.92 Å². The summed E-state index contributed by atoms with van der Waals surface area (Å²) in [5.74, 6) is 1.86. The van der Waals surface area contributed by atoms with Crippen LogP contribution in [-0.4, -0.2) is 55.0 Å². The highest BCUT2D eigenvalue weighted by atomic mass is 35.5. The van der Waals surface area contributed by atoms with E-state index in [2.05, 4.69) is 31.9 Å². The van der Waals surface area contributed by atoms with Gasteiger partial charge in [-0.3, -0.25) is 0 Å². The van der Waals surface area contributed by atoms with Gasteiger partial charge in [0.25, 0.3) is 0 Å². The van der Waals surface area contributed by atoms with Crippen LogP contribution in [0.1, 0.15) is 26.2 Å². The second-order valence-corrected chi connectivity index (χ2v) is 10.5. The number of carbonyl (C=O) groups is 3. The number of anilines is 3. The molecule has 0 bridgehead atoms. The fourth-order valence-electron chi connectivity index (χ4n) is 4.93. The summed E-state index contributed by atoms with van der Waals surface area (Å²) in [5.41, 5.74) is 1.72. The van der Waals surface area contributed by atoms with Crippen molar-refractivity contribution >= 4 is 58.4 Å². The van der Waals surface area contributed by atoms with Crippen molar-refractivity contribution in [2.75, 3.05) is 34.7 Å². The molecule has 14 heteroatoms. The van der Waals surface area contributed by atoms with Crippen molar-refractivity contribution < 1.29 is 28.6 Å². The zero-order valence-electron chi connectivity index (χ0n) is 24.6. The average molecular weight is 660 g/mol. The molecule has 1 saturated carbocycles. The highest BCUT2D eigenvalue weighted by molar-refractivity contribution is 6.17. The van der Waals surface area contributed by atoms with Crippen molar-refractivity contribution in [3.63, 3.8) is 0 Å². The molecule has 1 aliphatic rings. The lowest BCUT2D eigenvalue weighted by atomic mass is 9.87. The predicted molar refractivity (Wildman–Crippen MR) is 175 cm³/mol. The molecule has 12 nitrogen and oxygen atoms in total. The molecule has 0 aliphatic heterocycles. The first-order chi connectivity index (χ1) is 21.8. The van der Waals surface area contributed by atoms with Crippen LogP contribution in [-0.2, 0) is 0 Å². The van der Waals surface area contributed by atoms with E-state index in [1.165, 1.54) is 0 Å². The molecule has 1 fully saturated rings. The summed E-state index contributed by atoms with van der Waals surface area (Å²) < 4.78 is 15.9. The fraction of sp³-hybridized carbons (Fsp3) is 0.323. The third kappa shape index (κ3) is 11.1. The second-order valence-electron chi connectivity index (χ2n) is 10.1. The van der Waals surface area contributed by atoms with E-state index in [-0.39, 0.29) is 30.3 Å². The molecule has 0 aromatic heterocycles. The van der Waals surface area contributed by atoms with Crippen LogP contribution in [0.15, 0.2) is 72.8 Å². The molecule has 240 valence electrons. The van der Waals surface area contributed by atoms with Crippen molar-refractivity contribution in [1.82, 2.24) is 16.0 Å². The fourth-order valence-corrected chi connectivity index (χ4v) is 5.18. The van der Waals surface area contributed by atoms with Gasteiger partial charge in [0.05, 0.1) is 6.61 Å². The van der Waals surface area contributed by atoms with Crippen LogP contribution in [0.5, 0.6) is 17.2 Å². The third-order valence-corrected chi connectivity index (χ3v) is 7.02. The Kier molecular flexibility index (Phi) is 12.7. The van der Waals surface area contributed by atoms with Gasteiger partial charge in [0.1, 0.15) is 17.2 Å². The Balaban J connectivity index is 1.37. The first-order valence-corrected chi connectivity index (χ1v) is 15.4. The Bertz CT molecular complexity index is 1220. The van der Waals surface area contributed by atoms with E-state index in [4.69, 9.17) is 37.4 Å². The lowest BCUT2D eigenvalue weighted by molar-refractivity contribution is 0.217. The molecule has 4 rings (SSSR count). The minimum atomic E-state index is -0.423. The summed E-state index contributed by atoms with van der Waals surface area (Å²) in [7, 11) is 0. The van der Waals surface area contributed by atoms with Crippen molar-refractivity contribution in [2.24, 2.45) is 0 Å². The van der Waals surface area contributed by atoms with Crippen molar-refractivity contribution in [3.8, 4) is 17.2 Å². The van der Waals surface area contributed by atoms with E-state index in [0.29, 0.717) is 60.2 Å². The van der Waals surface area contributed by atoms with E-state index >= 15 is 0 Å². The normalized spacial score (nSPS) is 17.3. The number of hydrogen-bond donors (Lipinski definition) is 6. The number of alkyl halides is 2. The van der Waals surface area contributed by atoms with E-state index < -0.39 is 18.1 Å². The van der Waals surface area contributed by atoms with Gasteiger partial charge >= 0.3 is 18.1 Å². The highest BCUT2D eigenvalue weighted by Crippen LogP contribution is 2.22. The number of rotatable bonds is 12. The maximum Gasteiger partial charge on any atom is 0.319 e. The van der Waals surface area contributed by atoms with Crippen LogP contribution in [0.2, 0.25) is 0 Å². The molecule has 2 unspecified atom stereocenters. The number of halogens is 2. The molecular weight excluding hydrogens is 623 g/mol. The van der Waals surface area contributed by atoms with Gasteiger partial charge in [-0.05, 0) is 99.0 Å². The van der Waals surface area contributed by atoms with Crippen LogP contribution in [0.3, 0.4) is 0 Å². The van der Waals surface area contributed by atoms with E-state index in [1.54, 1.807) is 72.8 Å². The second kappa shape index (κ2) is 17.1. The quantitative estimate of drug-likeness (QED) is 0.126. The molecule has 0 radical (unpaired) electrons. The Labute approximate surface area is 271 Å². The number of nitrogens with one attached hydrogen (secondary N) is 6. The Morgan fingerprint density at radius 1 is 0.556 bits per heavy atom. The molecule has 3 aromatic rings. The van der Waals surface area contributed by atoms with Crippen LogP contribution in [0.4, 0.5) is 31.4 Å². The minimum Gasteiger partial charge on any atom is -0.494 e. The number of amides is 6. The zero-order chi connectivity index (χ0) is 32.0. The molecule has 0 saturated heterocycles. The molecule has 2 atom stereocenters. The summed E-state index contributed by atoms with van der Waals surface area (Å²) in [6.45, 7) is 2.44. The number of hydrogen-bond acceptors (Lipinski definition) is 6. The average Bonchev–Trinajstić information content (AvgIpc) is 3.00. The number of benzene rings is 3. The molecule has 0 heterocycles. The first kappa shape index (κ1) is 33.3. The smallest absolute Gasteiger partial charge is 0.319 e. The Hall–Kier alpha value is -4.55. The minimum absolute atomic E-state index is 0.0192. The molecule has 6 amide bonds. The van der Waals surface area contributed by atoms with Gasteiger partial charge in [0.15, 0.2) is 12.1 Å². The topological polar surface area (TPSA) is 151 Å². The molecule has 3 aromatic carbocycles. The standard InChI is InChI=1S/C31H36Cl2N6O6/c1-2-43-26-9-3-20(4-10-26)34-29(40)37-23-15-24(38-30(41)35-21-5-11-27(12-6-21)44-18-32)17-25(16-23)39-31(42)36-22-7-13-28(14-8-22)45-19-33/h3-14,23-25H,2,15-19H2,1H3,(H2,34,37,40)(H2,35,38,41)(H2,36,39,42). The van der Waals surface area contributed by atoms with Gasteiger partial charge in [-0.2, -0.15) is 0 Å². The third-order valence-electron chi connectivity index (χ3n) is 6.80. The summed E-state index contributed by atoms with van der Waals surface area (Å²) in [5, 5.41) is 17.3. The number of carbonyl (C=O) groups excluding carboxylic acids is 3. The molecular formula is C31H36Cl2N6O6. The van der Waals surface area contributed by atoms with Gasteiger partial charge in [-0.25, -0.2) is 14.4 Å². The SMILES string of the molecule is CCOc1ccc(NC(=O)NC2CC(NC(=O)Nc3ccc(OCCl)cc3)CC(NC(=O)Nc3ccc(OCCl)cc3)C2)cc1. The monoisotopic (exact) mass is 658 g/mol. The number of ether oxygens (including phenoxy) is 3. The van der Waals surface area contributed by atoms with Crippen LogP contribution >= 0.6 is 23.2 Å². The zero-order valence-corrected chi connectivity index (χ0v) is 26.1. The lowest BCUT2D eigenvalue weighted by Gasteiger charge is -2.36. The molecule has 0 spiro atoms. The van der Waals surface area contributed by atoms with Crippen molar-refractivity contribution in [1.29, 1.82) is 0 Å². The summed E-state index contributed by atoms with van der Waals surface area (Å²) >= 11 is 11.2. The van der Waals surface area contributed by atoms with Gasteiger partial charge in [-0.15, -0.1) is 0 Å². The van der Waals surface area contributed by atoms with E-state index in [9.17, 15) is 14.4 Å². The van der Waals surface area contributed by atoms with Gasteiger partial charge in [0.2, 0.25) is 0 Å². The van der Waals surface area contributed by atoms with E-state index in [0.717, 1.165) is 0 Å². The Morgan fingerprint density at radius 2 is 0.844 bits per heavy atom. The van der Waals surface area contributed by atoms with Crippen LogP contribution < -0.4 is 46.1 Å². The lowest BCUT2D eigenvalue weighted by Crippen LogP contribution is -2.55. The predicted octanol–water partition coefficient (Wildman–Crippen LogP) is 6.29. The number of urea groups is 3. The maximum atomic E-state index is 12.9. The molecule has 1 aliphatic carbocycles. The maximum absolute atomic E-state index is 12.9. The largest absolute Gasteiger partial charge is 0.494 e.